The Labute approximate surface area is 182 Å². The molecule has 1 atom stereocenters. The Morgan fingerprint density at radius 2 is 1.94 bits per heavy atom. The van der Waals surface area contributed by atoms with Crippen LogP contribution in [-0.2, 0) is 4.84 Å². The van der Waals surface area contributed by atoms with Gasteiger partial charge in [-0.3, -0.25) is 9.78 Å². The molecule has 0 bridgehead atoms. The lowest BCUT2D eigenvalue weighted by Gasteiger charge is -2.17. The van der Waals surface area contributed by atoms with Gasteiger partial charge in [0.15, 0.2) is 11.4 Å². The van der Waals surface area contributed by atoms with Crippen LogP contribution in [0.15, 0.2) is 53.9 Å². The summed E-state index contributed by atoms with van der Waals surface area (Å²) in [4.78, 5) is 26.1. The first kappa shape index (κ1) is 21.5. The quantitative estimate of drug-likeness (QED) is 0.631. The van der Waals surface area contributed by atoms with E-state index in [0.717, 1.165) is 28.8 Å². The summed E-state index contributed by atoms with van der Waals surface area (Å²) in [6.45, 7) is 3.56. The molecule has 1 aromatic heterocycles. The largest absolute Gasteiger partial charge is 0.392 e. The minimum Gasteiger partial charge on any atom is -0.392 e. The number of carbonyl (C=O) groups is 1. The van der Waals surface area contributed by atoms with E-state index in [0.29, 0.717) is 17.8 Å². The zero-order chi connectivity index (χ0) is 22.9. The molecule has 0 fully saturated rings. The van der Waals surface area contributed by atoms with Crippen LogP contribution in [0.1, 0.15) is 34.8 Å². The van der Waals surface area contributed by atoms with E-state index in [-0.39, 0.29) is 12.4 Å². The lowest BCUT2D eigenvalue weighted by Crippen LogP contribution is -2.29. The summed E-state index contributed by atoms with van der Waals surface area (Å²) < 4.78 is 27.6. The molecule has 1 aliphatic rings. The van der Waals surface area contributed by atoms with Crippen LogP contribution in [0.25, 0.3) is 11.3 Å². The van der Waals surface area contributed by atoms with Crippen LogP contribution in [-0.4, -0.2) is 38.9 Å². The van der Waals surface area contributed by atoms with Crippen molar-refractivity contribution >= 4 is 17.4 Å². The number of aliphatic hydroxyl groups is 1. The van der Waals surface area contributed by atoms with Gasteiger partial charge in [0.1, 0.15) is 17.2 Å². The monoisotopic (exact) mass is 438 g/mol. The summed E-state index contributed by atoms with van der Waals surface area (Å²) in [5, 5.41) is 15.9. The summed E-state index contributed by atoms with van der Waals surface area (Å²) in [5.74, 6) is -2.82. The smallest absolute Gasteiger partial charge is 0.262 e. The topological polar surface area (TPSA) is 96.7 Å². The molecule has 0 saturated carbocycles. The van der Waals surface area contributed by atoms with Crippen molar-refractivity contribution in [3.63, 3.8) is 0 Å². The number of hydrogen-bond donors (Lipinski definition) is 2. The second kappa shape index (κ2) is 8.43. The lowest BCUT2D eigenvalue weighted by atomic mass is 9.94. The number of nitrogens with zero attached hydrogens (tertiary/aromatic N) is 3. The maximum Gasteiger partial charge on any atom is 0.262 e. The Kier molecular flexibility index (Phi) is 5.67. The van der Waals surface area contributed by atoms with Gasteiger partial charge >= 0.3 is 0 Å². The van der Waals surface area contributed by atoms with Gasteiger partial charge in [-0.05, 0) is 37.6 Å². The first-order valence-electron chi connectivity index (χ1n) is 9.84. The molecule has 1 aliphatic heterocycles. The number of amides is 1. The number of rotatable bonds is 5. The second-order valence-electron chi connectivity index (χ2n) is 7.78. The molecule has 4 rings (SSSR count). The number of aromatic nitrogens is 2. The first-order chi connectivity index (χ1) is 15.3. The SMILES string of the molecule is Cc1ccc(C2=NOC(C)(CO)C2)cc1-c1cnc(NC(=O)c2c(F)cccc2F)cn1. The molecule has 2 N–H and O–H groups in total. The molecule has 164 valence electrons. The third-order valence-corrected chi connectivity index (χ3v) is 5.18. The number of benzene rings is 2. The van der Waals surface area contributed by atoms with Gasteiger partial charge in [0.25, 0.3) is 5.91 Å². The number of oxime groups is 1. The number of halogens is 2. The van der Waals surface area contributed by atoms with Crippen molar-refractivity contribution in [2.45, 2.75) is 25.9 Å². The Hall–Kier alpha value is -3.72. The molecular formula is C23H20F2N4O3. The molecular weight excluding hydrogens is 418 g/mol. The van der Waals surface area contributed by atoms with Crippen molar-refractivity contribution in [2.24, 2.45) is 5.16 Å². The predicted octanol–water partition coefficient (Wildman–Crippen LogP) is 3.86. The number of aliphatic hydroxyl groups excluding tert-OH is 1. The van der Waals surface area contributed by atoms with E-state index < -0.39 is 28.7 Å². The molecule has 7 nitrogen and oxygen atoms in total. The fraction of sp³-hybridized carbons (Fsp3) is 0.217. The highest BCUT2D eigenvalue weighted by Gasteiger charge is 2.34. The minimum atomic E-state index is -0.962. The van der Waals surface area contributed by atoms with Crippen LogP contribution in [0.5, 0.6) is 0 Å². The number of aryl methyl sites for hydroxylation is 1. The van der Waals surface area contributed by atoms with Crippen molar-refractivity contribution in [3.8, 4) is 11.3 Å². The maximum atomic E-state index is 13.8. The van der Waals surface area contributed by atoms with Crippen molar-refractivity contribution in [1.82, 2.24) is 9.97 Å². The number of carbonyl (C=O) groups excluding carboxylic acids is 1. The van der Waals surface area contributed by atoms with E-state index in [1.54, 1.807) is 6.92 Å². The molecule has 0 spiro atoms. The van der Waals surface area contributed by atoms with Gasteiger partial charge in [0.2, 0.25) is 0 Å². The third kappa shape index (κ3) is 4.19. The third-order valence-electron chi connectivity index (χ3n) is 5.18. The summed E-state index contributed by atoms with van der Waals surface area (Å²) in [5.41, 5.74) is 2.41. The average Bonchev–Trinajstić information content (AvgIpc) is 3.17. The van der Waals surface area contributed by atoms with Crippen molar-refractivity contribution < 1.29 is 23.5 Å². The van der Waals surface area contributed by atoms with Crippen molar-refractivity contribution in [3.05, 3.63) is 77.1 Å². The number of nitrogens with one attached hydrogen (secondary N) is 1. The van der Waals surface area contributed by atoms with Gasteiger partial charge in [0.05, 0.1) is 30.4 Å². The number of anilines is 1. The molecule has 2 aromatic carbocycles. The zero-order valence-corrected chi connectivity index (χ0v) is 17.4. The Morgan fingerprint density at radius 3 is 2.56 bits per heavy atom. The number of hydrogen-bond acceptors (Lipinski definition) is 6. The van der Waals surface area contributed by atoms with Gasteiger partial charge in [-0.25, -0.2) is 13.8 Å². The van der Waals surface area contributed by atoms with Crippen molar-refractivity contribution in [1.29, 1.82) is 0 Å². The van der Waals surface area contributed by atoms with Gasteiger partial charge in [-0.2, -0.15) is 0 Å². The molecule has 1 amide bonds. The standard InChI is InChI=1S/C23H20F2N4O3/c1-13-6-7-14(18-9-23(2,12-30)32-29-18)8-15(13)19-10-27-20(11-26-19)28-22(31)21-16(24)4-3-5-17(21)25/h3-8,10-11,30H,9,12H2,1-2H3,(H,27,28,31). The summed E-state index contributed by atoms with van der Waals surface area (Å²) in [6.07, 6.45) is 3.25. The molecule has 2 heterocycles. The first-order valence-corrected chi connectivity index (χ1v) is 9.84. The highest BCUT2D eigenvalue weighted by atomic mass is 19.1. The summed E-state index contributed by atoms with van der Waals surface area (Å²) in [7, 11) is 0. The minimum absolute atomic E-state index is 0.0579. The fourth-order valence-corrected chi connectivity index (χ4v) is 3.33. The molecule has 0 saturated heterocycles. The van der Waals surface area contributed by atoms with Crippen LogP contribution in [0.3, 0.4) is 0 Å². The molecule has 9 heteroatoms. The molecule has 0 radical (unpaired) electrons. The van der Waals surface area contributed by atoms with Crippen LogP contribution >= 0.6 is 0 Å². The van der Waals surface area contributed by atoms with E-state index in [1.807, 2.05) is 25.1 Å². The fourth-order valence-electron chi connectivity index (χ4n) is 3.33. The second-order valence-corrected chi connectivity index (χ2v) is 7.78. The van der Waals surface area contributed by atoms with Crippen LogP contribution < -0.4 is 5.32 Å². The summed E-state index contributed by atoms with van der Waals surface area (Å²) in [6, 6.07) is 8.92. The molecule has 3 aromatic rings. The van der Waals surface area contributed by atoms with E-state index >= 15 is 0 Å². The lowest BCUT2D eigenvalue weighted by molar-refractivity contribution is -0.0428. The van der Waals surface area contributed by atoms with E-state index in [9.17, 15) is 18.7 Å². The van der Waals surface area contributed by atoms with Gasteiger partial charge in [-0.1, -0.05) is 23.4 Å². The highest BCUT2D eigenvalue weighted by molar-refractivity contribution is 6.04. The Balaban J connectivity index is 1.55. The van der Waals surface area contributed by atoms with Gasteiger partial charge < -0.3 is 15.3 Å². The summed E-state index contributed by atoms with van der Waals surface area (Å²) >= 11 is 0. The van der Waals surface area contributed by atoms with Gasteiger partial charge in [-0.15, -0.1) is 0 Å². The van der Waals surface area contributed by atoms with E-state index in [1.165, 1.54) is 18.5 Å². The molecule has 1 unspecified atom stereocenters. The maximum absolute atomic E-state index is 13.8. The molecule has 32 heavy (non-hydrogen) atoms. The van der Waals surface area contributed by atoms with E-state index in [4.69, 9.17) is 4.84 Å². The normalized spacial score (nSPS) is 17.6. The zero-order valence-electron chi connectivity index (χ0n) is 17.4. The Morgan fingerprint density at radius 1 is 1.19 bits per heavy atom. The molecule has 0 aliphatic carbocycles. The highest BCUT2D eigenvalue weighted by Crippen LogP contribution is 2.29. The van der Waals surface area contributed by atoms with E-state index in [2.05, 4.69) is 20.4 Å². The predicted molar refractivity (Wildman–Crippen MR) is 114 cm³/mol. The van der Waals surface area contributed by atoms with Crippen molar-refractivity contribution in [2.75, 3.05) is 11.9 Å². The van der Waals surface area contributed by atoms with Crippen LogP contribution in [0, 0.1) is 18.6 Å². The van der Waals surface area contributed by atoms with Gasteiger partial charge in [0, 0.05) is 17.5 Å². The van der Waals surface area contributed by atoms with Crippen LogP contribution in [0.4, 0.5) is 14.6 Å². The van der Waals surface area contributed by atoms with Crippen LogP contribution in [0.2, 0.25) is 0 Å². The average molecular weight is 438 g/mol. The Bertz CT molecular complexity index is 1190.